The summed E-state index contributed by atoms with van der Waals surface area (Å²) in [6.45, 7) is 3.45. The number of nitro groups is 1. The molecule has 2 aromatic rings. The molecule has 0 saturated carbocycles. The second-order valence-corrected chi connectivity index (χ2v) is 7.16. The van der Waals surface area contributed by atoms with E-state index in [-0.39, 0.29) is 17.3 Å². The number of benzene rings is 2. The normalized spacial score (nSPS) is 14.3. The Hall–Kier alpha value is -3.28. The zero-order chi connectivity index (χ0) is 21.8. The van der Waals surface area contributed by atoms with Crippen LogP contribution in [-0.4, -0.2) is 29.4 Å². The van der Waals surface area contributed by atoms with Gasteiger partial charge in [0.25, 0.3) is 5.69 Å². The van der Waals surface area contributed by atoms with Crippen molar-refractivity contribution in [2.45, 2.75) is 13.8 Å². The van der Waals surface area contributed by atoms with Crippen molar-refractivity contribution < 1.29 is 28.7 Å². The molecule has 1 heterocycles. The Morgan fingerprint density at radius 3 is 2.60 bits per heavy atom. The fourth-order valence-electron chi connectivity index (χ4n) is 2.59. The number of carbonyl (C=O) groups is 2. The van der Waals surface area contributed by atoms with Crippen LogP contribution in [0.3, 0.4) is 0 Å². The highest BCUT2D eigenvalue weighted by atomic mass is 127. The van der Waals surface area contributed by atoms with E-state index in [1.165, 1.54) is 37.3 Å². The summed E-state index contributed by atoms with van der Waals surface area (Å²) in [6, 6.07) is 8.86. The van der Waals surface area contributed by atoms with Crippen LogP contribution in [0.15, 0.2) is 47.1 Å². The van der Waals surface area contributed by atoms with Gasteiger partial charge in [-0.2, -0.15) is 0 Å². The molecule has 2 aromatic carbocycles. The summed E-state index contributed by atoms with van der Waals surface area (Å²) >= 11 is 2.00. The lowest BCUT2D eigenvalue weighted by Gasteiger charge is -2.12. The number of carbonyl (C=O) groups excluding carboxylic acids is 2. The van der Waals surface area contributed by atoms with Gasteiger partial charge < -0.3 is 14.2 Å². The molecule has 1 aliphatic heterocycles. The molecule has 0 saturated heterocycles. The summed E-state index contributed by atoms with van der Waals surface area (Å²) in [4.78, 5) is 38.0. The highest BCUT2D eigenvalue weighted by molar-refractivity contribution is 14.1. The predicted octanol–water partition coefficient (Wildman–Crippen LogP) is 3.87. The largest absolute Gasteiger partial charge is 0.490 e. The molecule has 3 rings (SSSR count). The summed E-state index contributed by atoms with van der Waals surface area (Å²) in [6.07, 6.45) is 1.52. The molecule has 0 bridgehead atoms. The third-order valence-electron chi connectivity index (χ3n) is 3.83. The minimum atomic E-state index is -0.652. The Morgan fingerprint density at radius 2 is 2.00 bits per heavy atom. The van der Waals surface area contributed by atoms with Gasteiger partial charge in [-0.3, -0.25) is 14.9 Å². The third kappa shape index (κ3) is 4.82. The first-order chi connectivity index (χ1) is 14.3. The smallest absolute Gasteiger partial charge is 0.363 e. The number of non-ortho nitro benzene ring substituents is 1. The number of esters is 2. The number of hydrogen-bond acceptors (Lipinski definition) is 8. The minimum absolute atomic E-state index is 0.0532. The number of nitro benzene ring substituents is 1. The summed E-state index contributed by atoms with van der Waals surface area (Å²) in [5.74, 6) is -0.414. The molecular weight excluding hydrogens is 507 g/mol. The Morgan fingerprint density at radius 1 is 1.30 bits per heavy atom. The number of rotatable bonds is 6. The molecular formula is C20H15IN2O7. The van der Waals surface area contributed by atoms with Crippen LogP contribution in [0.5, 0.6) is 11.5 Å². The fraction of sp³-hybridized carbons (Fsp3) is 0.150. The van der Waals surface area contributed by atoms with Gasteiger partial charge in [0.05, 0.1) is 15.1 Å². The second kappa shape index (κ2) is 9.03. The summed E-state index contributed by atoms with van der Waals surface area (Å²) in [5, 5.41) is 10.8. The van der Waals surface area contributed by atoms with Gasteiger partial charge in [-0.15, -0.1) is 0 Å². The quantitative estimate of drug-likeness (QED) is 0.141. The number of aliphatic imine (C=N–C) groups is 1. The zero-order valence-corrected chi connectivity index (χ0v) is 18.0. The Labute approximate surface area is 184 Å². The molecule has 0 atom stereocenters. The van der Waals surface area contributed by atoms with E-state index >= 15 is 0 Å². The van der Waals surface area contributed by atoms with Crippen LogP contribution < -0.4 is 9.47 Å². The van der Waals surface area contributed by atoms with Crippen LogP contribution in [0.1, 0.15) is 25.0 Å². The van der Waals surface area contributed by atoms with Crippen LogP contribution in [-0.2, 0) is 14.3 Å². The lowest BCUT2D eigenvalue weighted by Crippen LogP contribution is -2.06. The van der Waals surface area contributed by atoms with Crippen LogP contribution in [0.2, 0.25) is 0 Å². The Balaban J connectivity index is 1.94. The van der Waals surface area contributed by atoms with Gasteiger partial charge in [0.2, 0.25) is 5.90 Å². The first-order valence-corrected chi connectivity index (χ1v) is 9.78. The zero-order valence-electron chi connectivity index (χ0n) is 15.9. The van der Waals surface area contributed by atoms with Crippen molar-refractivity contribution in [3.8, 4) is 11.5 Å². The fourth-order valence-corrected chi connectivity index (χ4v) is 3.33. The van der Waals surface area contributed by atoms with Gasteiger partial charge in [0, 0.05) is 24.6 Å². The van der Waals surface area contributed by atoms with Gasteiger partial charge >= 0.3 is 11.9 Å². The van der Waals surface area contributed by atoms with E-state index in [2.05, 4.69) is 4.99 Å². The lowest BCUT2D eigenvalue weighted by molar-refractivity contribution is -0.384. The number of hydrogen-bond donors (Lipinski definition) is 0. The van der Waals surface area contributed by atoms with Crippen molar-refractivity contribution in [3.63, 3.8) is 0 Å². The first-order valence-electron chi connectivity index (χ1n) is 8.70. The predicted molar refractivity (Wildman–Crippen MR) is 115 cm³/mol. The second-order valence-electron chi connectivity index (χ2n) is 6.00. The van der Waals surface area contributed by atoms with Gasteiger partial charge in [0.1, 0.15) is 0 Å². The monoisotopic (exact) mass is 522 g/mol. The molecule has 0 amide bonds. The topological polar surface area (TPSA) is 117 Å². The van der Waals surface area contributed by atoms with E-state index in [0.717, 1.165) is 0 Å². The average molecular weight is 522 g/mol. The summed E-state index contributed by atoms with van der Waals surface area (Å²) in [7, 11) is 0. The Bertz CT molecular complexity index is 1090. The van der Waals surface area contributed by atoms with Crippen molar-refractivity contribution in [1.82, 2.24) is 0 Å². The summed E-state index contributed by atoms with van der Waals surface area (Å²) in [5.41, 5.74) is 1.01. The minimum Gasteiger partial charge on any atom is -0.490 e. The van der Waals surface area contributed by atoms with Crippen molar-refractivity contribution in [1.29, 1.82) is 0 Å². The molecule has 0 radical (unpaired) electrons. The number of cyclic esters (lactones) is 1. The van der Waals surface area contributed by atoms with Crippen molar-refractivity contribution in [3.05, 3.63) is 66.9 Å². The van der Waals surface area contributed by atoms with Crippen LogP contribution >= 0.6 is 22.6 Å². The van der Waals surface area contributed by atoms with E-state index in [4.69, 9.17) is 14.2 Å². The highest BCUT2D eigenvalue weighted by Gasteiger charge is 2.25. The van der Waals surface area contributed by atoms with E-state index in [1.807, 2.05) is 22.6 Å². The van der Waals surface area contributed by atoms with Crippen LogP contribution in [0, 0.1) is 13.7 Å². The van der Waals surface area contributed by atoms with E-state index < -0.39 is 16.9 Å². The molecule has 9 nitrogen and oxygen atoms in total. The number of nitrogens with zero attached hydrogens (tertiary/aromatic N) is 2. The van der Waals surface area contributed by atoms with Crippen molar-refractivity contribution in [2.24, 2.45) is 4.99 Å². The maximum atomic E-state index is 12.2. The van der Waals surface area contributed by atoms with Gasteiger partial charge in [-0.05, 0) is 65.4 Å². The SMILES string of the molecule is CCOc1cc(/C=C2\N=C(c3ccc([N+](=O)[O-])cc3)OC2=O)cc(I)c1OC(C)=O. The maximum Gasteiger partial charge on any atom is 0.363 e. The molecule has 30 heavy (non-hydrogen) atoms. The van der Waals surface area contributed by atoms with Gasteiger partial charge in [0.15, 0.2) is 17.2 Å². The molecule has 0 aliphatic carbocycles. The molecule has 0 aromatic heterocycles. The molecule has 1 aliphatic rings. The van der Waals surface area contributed by atoms with E-state index in [9.17, 15) is 19.7 Å². The molecule has 0 fully saturated rings. The molecule has 10 heteroatoms. The lowest BCUT2D eigenvalue weighted by atomic mass is 10.1. The Kier molecular flexibility index (Phi) is 6.45. The van der Waals surface area contributed by atoms with E-state index in [0.29, 0.717) is 32.8 Å². The van der Waals surface area contributed by atoms with Crippen molar-refractivity contribution >= 4 is 52.2 Å². The maximum absolute atomic E-state index is 12.2. The van der Waals surface area contributed by atoms with E-state index in [1.54, 1.807) is 19.1 Å². The van der Waals surface area contributed by atoms with Crippen LogP contribution in [0.4, 0.5) is 5.69 Å². The van der Waals surface area contributed by atoms with Gasteiger partial charge in [-0.25, -0.2) is 9.79 Å². The standard InChI is InChI=1S/C20H15IN2O7/c1-3-28-17-10-12(8-15(21)18(17)29-11(2)24)9-16-20(25)30-19(22-16)13-4-6-14(7-5-13)23(26)27/h4-10H,3H2,1-2H3/b16-9-. The number of halogens is 1. The number of ether oxygens (including phenoxy) is 3. The first kappa shape index (κ1) is 21.4. The molecule has 0 unspecified atom stereocenters. The molecule has 154 valence electrons. The molecule has 0 spiro atoms. The summed E-state index contributed by atoms with van der Waals surface area (Å²) < 4.78 is 16.6. The highest BCUT2D eigenvalue weighted by Crippen LogP contribution is 2.35. The average Bonchev–Trinajstić information content (AvgIpc) is 3.05. The van der Waals surface area contributed by atoms with Crippen LogP contribution in [0.25, 0.3) is 6.08 Å². The molecule has 0 N–H and O–H groups in total. The van der Waals surface area contributed by atoms with Crippen molar-refractivity contribution in [2.75, 3.05) is 6.61 Å². The van der Waals surface area contributed by atoms with Gasteiger partial charge in [-0.1, -0.05) is 0 Å². The third-order valence-corrected chi connectivity index (χ3v) is 4.63.